The van der Waals surface area contributed by atoms with Crippen molar-refractivity contribution >= 4 is 52.9 Å². The number of amides is 1. The van der Waals surface area contributed by atoms with Crippen LogP contribution in [0.5, 0.6) is 0 Å². The summed E-state index contributed by atoms with van der Waals surface area (Å²) in [6, 6.07) is 14.9. The Hall–Kier alpha value is -1.88. The average Bonchev–Trinajstić information content (AvgIpc) is 2.95. The monoisotopic (exact) mass is 435 g/mol. The second kappa shape index (κ2) is 8.00. The van der Waals surface area contributed by atoms with Gasteiger partial charge in [-0.25, -0.2) is 0 Å². The fourth-order valence-electron chi connectivity index (χ4n) is 2.23. The molecule has 1 amide bonds. The molecule has 3 rings (SSSR count). The zero-order valence-corrected chi connectivity index (χ0v) is 17.0. The predicted molar refractivity (Wildman–Crippen MR) is 103 cm³/mol. The standard InChI is InChI=1S/C17H15AsClN3O2S/c1-20-15(23)12-4-2-3-11(9-12)10-22-17(24)21-16(25-22)18-13-5-7-14(19)8-6-13/h2-9,18H,10H2,1H3,(H,20,23). The van der Waals surface area contributed by atoms with Gasteiger partial charge in [0.2, 0.25) is 0 Å². The van der Waals surface area contributed by atoms with Gasteiger partial charge in [0.1, 0.15) is 0 Å². The van der Waals surface area contributed by atoms with E-state index in [1.165, 1.54) is 15.9 Å². The third-order valence-electron chi connectivity index (χ3n) is 3.45. The molecule has 8 heteroatoms. The molecule has 1 unspecified atom stereocenters. The Labute approximate surface area is 160 Å². The van der Waals surface area contributed by atoms with Crippen molar-refractivity contribution in [2.24, 2.45) is 0 Å². The van der Waals surface area contributed by atoms with Gasteiger partial charge in [-0.1, -0.05) is 0 Å². The van der Waals surface area contributed by atoms with Crippen LogP contribution >= 0.6 is 23.1 Å². The zero-order chi connectivity index (χ0) is 17.8. The van der Waals surface area contributed by atoms with E-state index in [-0.39, 0.29) is 11.6 Å². The van der Waals surface area contributed by atoms with Gasteiger partial charge in [0.25, 0.3) is 0 Å². The summed E-state index contributed by atoms with van der Waals surface area (Å²) in [5.74, 6) is -0.145. The number of benzene rings is 2. The van der Waals surface area contributed by atoms with Gasteiger partial charge in [0.05, 0.1) is 0 Å². The van der Waals surface area contributed by atoms with Crippen LogP contribution in [0.2, 0.25) is 5.02 Å². The summed E-state index contributed by atoms with van der Waals surface area (Å²) in [5, 5.41) is 3.30. The second-order valence-electron chi connectivity index (χ2n) is 5.24. The first-order valence-corrected chi connectivity index (χ1v) is 10.7. The molecular formula is C17H15AsClN3O2S. The van der Waals surface area contributed by atoms with Crippen molar-refractivity contribution in [3.8, 4) is 0 Å². The maximum absolute atomic E-state index is 12.1. The summed E-state index contributed by atoms with van der Waals surface area (Å²) in [6.07, 6.45) is 0. The number of carbonyl (C=O) groups excluding carboxylic acids is 1. The van der Waals surface area contributed by atoms with E-state index < -0.39 is 15.8 Å². The van der Waals surface area contributed by atoms with Crippen LogP contribution in [0.3, 0.4) is 0 Å². The first kappa shape index (κ1) is 17.9. The molecule has 0 bridgehead atoms. The van der Waals surface area contributed by atoms with Gasteiger partial charge in [-0.3, -0.25) is 0 Å². The Morgan fingerprint density at radius 1 is 1.28 bits per heavy atom. The first-order valence-electron chi connectivity index (χ1n) is 7.47. The van der Waals surface area contributed by atoms with Gasteiger partial charge >= 0.3 is 161 Å². The molecule has 1 atom stereocenters. The van der Waals surface area contributed by atoms with E-state index in [0.717, 1.165) is 9.36 Å². The van der Waals surface area contributed by atoms with E-state index in [1.807, 2.05) is 36.4 Å². The molecule has 0 aliphatic rings. The van der Waals surface area contributed by atoms with Crippen molar-refractivity contribution in [2.45, 2.75) is 6.54 Å². The molecule has 2 aromatic carbocycles. The molecule has 0 spiro atoms. The second-order valence-corrected chi connectivity index (χ2v) is 10.2. The number of rotatable bonds is 5. The van der Waals surface area contributed by atoms with Crippen molar-refractivity contribution in [1.29, 1.82) is 0 Å². The topological polar surface area (TPSA) is 64.0 Å². The third kappa shape index (κ3) is 4.60. The summed E-state index contributed by atoms with van der Waals surface area (Å²) in [7, 11) is 1.59. The van der Waals surface area contributed by atoms with Gasteiger partial charge in [-0.2, -0.15) is 0 Å². The number of nitrogens with one attached hydrogen (secondary N) is 1. The van der Waals surface area contributed by atoms with Crippen LogP contribution in [0.15, 0.2) is 53.3 Å². The van der Waals surface area contributed by atoms with E-state index in [9.17, 15) is 9.59 Å². The Kier molecular flexibility index (Phi) is 5.74. The maximum atomic E-state index is 12.1. The van der Waals surface area contributed by atoms with E-state index in [4.69, 9.17) is 11.6 Å². The average molecular weight is 436 g/mol. The molecule has 0 aliphatic carbocycles. The molecule has 3 aromatic rings. The van der Waals surface area contributed by atoms with Crippen LogP contribution in [0.4, 0.5) is 0 Å². The zero-order valence-electron chi connectivity index (χ0n) is 13.3. The van der Waals surface area contributed by atoms with E-state index in [1.54, 1.807) is 23.1 Å². The van der Waals surface area contributed by atoms with Gasteiger partial charge in [0, 0.05) is 0 Å². The Bertz CT molecular complexity index is 953. The van der Waals surface area contributed by atoms with Gasteiger partial charge in [-0.05, 0) is 0 Å². The van der Waals surface area contributed by atoms with Crippen LogP contribution in [0.25, 0.3) is 0 Å². The number of hydrogen-bond donors (Lipinski definition) is 1. The minimum absolute atomic E-state index is 0.145. The van der Waals surface area contributed by atoms with Crippen LogP contribution in [0, 0.1) is 0 Å². The summed E-state index contributed by atoms with van der Waals surface area (Å²) >= 11 is 6.62. The minimum atomic E-state index is -0.662. The first-order chi connectivity index (χ1) is 12.0. The molecule has 0 saturated carbocycles. The van der Waals surface area contributed by atoms with E-state index >= 15 is 0 Å². The molecule has 0 aliphatic heterocycles. The van der Waals surface area contributed by atoms with Crippen molar-refractivity contribution in [2.75, 3.05) is 7.05 Å². The third-order valence-corrected chi connectivity index (χ3v) is 7.56. The number of carbonyl (C=O) groups is 1. The molecule has 1 heterocycles. The fourth-order valence-corrected chi connectivity index (χ4v) is 6.20. The molecule has 0 radical (unpaired) electrons. The number of halogens is 1. The summed E-state index contributed by atoms with van der Waals surface area (Å²) in [6.45, 7) is 0.411. The summed E-state index contributed by atoms with van der Waals surface area (Å²) in [5.41, 5.74) is 1.22. The van der Waals surface area contributed by atoms with Crippen molar-refractivity contribution in [3.05, 3.63) is 75.2 Å². The molecule has 25 heavy (non-hydrogen) atoms. The van der Waals surface area contributed by atoms with Gasteiger partial charge in [-0.15, -0.1) is 0 Å². The molecular weight excluding hydrogens is 421 g/mol. The molecule has 1 aromatic heterocycles. The normalized spacial score (nSPS) is 11.1. The number of nitrogens with zero attached hydrogens (tertiary/aromatic N) is 2. The number of hydrogen-bond acceptors (Lipinski definition) is 4. The van der Waals surface area contributed by atoms with Crippen molar-refractivity contribution in [3.63, 3.8) is 0 Å². The molecule has 5 nitrogen and oxygen atoms in total. The van der Waals surface area contributed by atoms with Crippen LogP contribution in [-0.2, 0) is 6.54 Å². The molecule has 0 saturated heterocycles. The van der Waals surface area contributed by atoms with E-state index in [2.05, 4.69) is 10.3 Å². The molecule has 1 N–H and O–H groups in total. The predicted octanol–water partition coefficient (Wildman–Crippen LogP) is 0.753. The SMILES string of the molecule is CNC(=O)c1cccc(Cn2sc([AsH]c3ccc(Cl)cc3)nc2=O)c1. The summed E-state index contributed by atoms with van der Waals surface area (Å²) in [4.78, 5) is 28.0. The quantitative estimate of drug-likeness (QED) is 0.602. The molecule has 128 valence electrons. The van der Waals surface area contributed by atoms with Gasteiger partial charge in [0.15, 0.2) is 0 Å². The van der Waals surface area contributed by atoms with Crippen molar-refractivity contribution < 1.29 is 4.79 Å². The van der Waals surface area contributed by atoms with Crippen molar-refractivity contribution in [1.82, 2.24) is 14.3 Å². The molecule has 0 fully saturated rings. The number of aromatic nitrogens is 2. The van der Waals surface area contributed by atoms with Crippen LogP contribution in [-0.4, -0.2) is 37.6 Å². The van der Waals surface area contributed by atoms with Crippen LogP contribution in [0.1, 0.15) is 15.9 Å². The van der Waals surface area contributed by atoms with E-state index in [0.29, 0.717) is 17.1 Å². The fraction of sp³-hybridized carbons (Fsp3) is 0.118. The van der Waals surface area contributed by atoms with Crippen LogP contribution < -0.4 is 19.2 Å². The Morgan fingerprint density at radius 3 is 2.76 bits per heavy atom. The van der Waals surface area contributed by atoms with Gasteiger partial charge < -0.3 is 0 Å². The summed E-state index contributed by atoms with van der Waals surface area (Å²) < 4.78 is 3.67. The Balaban J connectivity index is 1.78. The Morgan fingerprint density at radius 2 is 2.04 bits per heavy atom.